The van der Waals surface area contributed by atoms with Gasteiger partial charge in [0.25, 0.3) is 0 Å². The number of anilines is 1. The zero-order valence-electron chi connectivity index (χ0n) is 12.9. The largest absolute Gasteiger partial charge is 0.439 e. The molecule has 2 aromatic rings. The highest BCUT2D eigenvalue weighted by atomic mass is 19.1. The molecule has 1 aromatic heterocycles. The van der Waals surface area contributed by atoms with Gasteiger partial charge in [-0.2, -0.15) is 0 Å². The fourth-order valence-corrected chi connectivity index (χ4v) is 1.60. The Labute approximate surface area is 129 Å². The summed E-state index contributed by atoms with van der Waals surface area (Å²) in [5.74, 6) is 0.498. The normalized spacial score (nSPS) is 11.1. The first-order valence-electron chi connectivity index (χ1n) is 7.11. The van der Waals surface area contributed by atoms with E-state index in [0.29, 0.717) is 17.3 Å². The number of hydrogen-bond donors (Lipinski definition) is 1. The van der Waals surface area contributed by atoms with Gasteiger partial charge < -0.3 is 10.1 Å². The molecule has 0 aliphatic heterocycles. The summed E-state index contributed by atoms with van der Waals surface area (Å²) in [6, 6.07) is 9.05. The number of carbonyl (C=O) groups excluding carboxylic acids is 1. The smallest absolute Gasteiger partial charge is 0.230 e. The van der Waals surface area contributed by atoms with Crippen LogP contribution in [0.25, 0.3) is 0 Å². The van der Waals surface area contributed by atoms with E-state index in [9.17, 15) is 9.18 Å². The lowest BCUT2D eigenvalue weighted by atomic mass is 9.89. The van der Waals surface area contributed by atoms with Crippen LogP contribution in [-0.4, -0.2) is 10.9 Å². The number of nitrogens with one attached hydrogen (secondary N) is 1. The van der Waals surface area contributed by atoms with Crippen LogP contribution in [0.3, 0.4) is 0 Å². The zero-order valence-corrected chi connectivity index (χ0v) is 12.9. The molecule has 1 heterocycles. The summed E-state index contributed by atoms with van der Waals surface area (Å²) in [5, 5.41) is 2.83. The van der Waals surface area contributed by atoms with Crippen LogP contribution in [0.2, 0.25) is 0 Å². The quantitative estimate of drug-likeness (QED) is 0.891. The standard InChI is InChI=1S/C17H19FN2O2/c1-4-17(2,3)16(21)20-13-7-10-15(19-11-13)22-14-8-5-12(18)6-9-14/h5-11H,4H2,1-3H3,(H,20,21). The van der Waals surface area contributed by atoms with Crippen molar-refractivity contribution in [1.82, 2.24) is 4.98 Å². The highest BCUT2D eigenvalue weighted by Gasteiger charge is 2.25. The molecule has 4 nitrogen and oxygen atoms in total. The Bertz CT molecular complexity index is 637. The molecule has 1 amide bonds. The number of rotatable bonds is 5. The molecule has 116 valence electrons. The van der Waals surface area contributed by atoms with Crippen LogP contribution in [0.5, 0.6) is 11.6 Å². The van der Waals surface area contributed by atoms with E-state index >= 15 is 0 Å². The molecule has 0 unspecified atom stereocenters. The van der Waals surface area contributed by atoms with Gasteiger partial charge in [-0.15, -0.1) is 0 Å². The van der Waals surface area contributed by atoms with Gasteiger partial charge in [-0.25, -0.2) is 9.37 Å². The molecule has 0 bridgehead atoms. The van der Waals surface area contributed by atoms with Crippen molar-refractivity contribution in [2.45, 2.75) is 27.2 Å². The average Bonchev–Trinajstić information content (AvgIpc) is 2.51. The summed E-state index contributed by atoms with van der Waals surface area (Å²) in [7, 11) is 0. The van der Waals surface area contributed by atoms with E-state index in [1.165, 1.54) is 30.5 Å². The molecule has 5 heteroatoms. The van der Waals surface area contributed by atoms with Crippen LogP contribution in [0.4, 0.5) is 10.1 Å². The number of halogens is 1. The minimum Gasteiger partial charge on any atom is -0.439 e. The van der Waals surface area contributed by atoms with Gasteiger partial charge in [0.05, 0.1) is 11.9 Å². The summed E-state index contributed by atoms with van der Waals surface area (Å²) in [4.78, 5) is 16.2. The van der Waals surface area contributed by atoms with Gasteiger partial charge in [0.2, 0.25) is 11.8 Å². The summed E-state index contributed by atoms with van der Waals surface area (Å²) in [6.45, 7) is 5.75. The SMILES string of the molecule is CCC(C)(C)C(=O)Nc1ccc(Oc2ccc(F)cc2)nc1. The first-order valence-corrected chi connectivity index (χ1v) is 7.11. The average molecular weight is 302 g/mol. The summed E-state index contributed by atoms with van der Waals surface area (Å²) in [6.07, 6.45) is 2.28. The van der Waals surface area contributed by atoms with Crippen molar-refractivity contribution in [3.05, 3.63) is 48.4 Å². The summed E-state index contributed by atoms with van der Waals surface area (Å²) >= 11 is 0. The van der Waals surface area contributed by atoms with Gasteiger partial charge in [0.1, 0.15) is 11.6 Å². The van der Waals surface area contributed by atoms with Crippen molar-refractivity contribution in [2.24, 2.45) is 5.41 Å². The Morgan fingerprint density at radius 2 is 1.91 bits per heavy atom. The Balaban J connectivity index is 2.01. The summed E-state index contributed by atoms with van der Waals surface area (Å²) in [5.41, 5.74) is 0.182. The van der Waals surface area contributed by atoms with Gasteiger partial charge >= 0.3 is 0 Å². The first kappa shape index (κ1) is 15.9. The van der Waals surface area contributed by atoms with Gasteiger partial charge in [0, 0.05) is 11.5 Å². The van der Waals surface area contributed by atoms with Crippen LogP contribution < -0.4 is 10.1 Å². The Morgan fingerprint density at radius 1 is 1.23 bits per heavy atom. The predicted molar refractivity (Wildman–Crippen MR) is 83.4 cm³/mol. The highest BCUT2D eigenvalue weighted by Crippen LogP contribution is 2.24. The number of nitrogens with zero attached hydrogens (tertiary/aromatic N) is 1. The monoisotopic (exact) mass is 302 g/mol. The third kappa shape index (κ3) is 4.04. The molecule has 1 N–H and O–H groups in total. The Hall–Kier alpha value is -2.43. The third-order valence-electron chi connectivity index (χ3n) is 3.53. The minimum atomic E-state index is -0.427. The van der Waals surface area contributed by atoms with E-state index in [1.807, 2.05) is 20.8 Å². The lowest BCUT2D eigenvalue weighted by Crippen LogP contribution is -2.29. The molecule has 0 fully saturated rings. The second-order valence-corrected chi connectivity index (χ2v) is 5.63. The molecule has 0 spiro atoms. The number of amides is 1. The fraction of sp³-hybridized carbons (Fsp3) is 0.294. The van der Waals surface area contributed by atoms with Crippen molar-refractivity contribution in [1.29, 1.82) is 0 Å². The van der Waals surface area contributed by atoms with E-state index in [-0.39, 0.29) is 11.7 Å². The second-order valence-electron chi connectivity index (χ2n) is 5.63. The predicted octanol–water partition coefficient (Wildman–Crippen LogP) is 4.39. The lowest BCUT2D eigenvalue weighted by molar-refractivity contribution is -0.124. The molecule has 0 atom stereocenters. The molecular weight excluding hydrogens is 283 g/mol. The molecular formula is C17H19FN2O2. The molecule has 22 heavy (non-hydrogen) atoms. The molecule has 0 saturated heterocycles. The molecule has 0 radical (unpaired) electrons. The number of hydrogen-bond acceptors (Lipinski definition) is 3. The minimum absolute atomic E-state index is 0.0518. The van der Waals surface area contributed by atoms with Gasteiger partial charge in [-0.1, -0.05) is 20.8 Å². The van der Waals surface area contributed by atoms with E-state index in [0.717, 1.165) is 6.42 Å². The van der Waals surface area contributed by atoms with Crippen molar-refractivity contribution < 1.29 is 13.9 Å². The van der Waals surface area contributed by atoms with Crippen molar-refractivity contribution in [3.8, 4) is 11.6 Å². The number of benzene rings is 1. The molecule has 2 rings (SSSR count). The van der Waals surface area contributed by atoms with Gasteiger partial charge in [-0.05, 0) is 36.8 Å². The summed E-state index contributed by atoms with van der Waals surface area (Å²) < 4.78 is 18.3. The van der Waals surface area contributed by atoms with E-state index in [2.05, 4.69) is 10.3 Å². The highest BCUT2D eigenvalue weighted by molar-refractivity contribution is 5.94. The van der Waals surface area contributed by atoms with E-state index < -0.39 is 5.41 Å². The van der Waals surface area contributed by atoms with Crippen LogP contribution in [0, 0.1) is 11.2 Å². The molecule has 1 aromatic carbocycles. The maximum atomic E-state index is 12.8. The maximum Gasteiger partial charge on any atom is 0.230 e. The number of ether oxygens (including phenoxy) is 1. The maximum absolute atomic E-state index is 12.8. The topological polar surface area (TPSA) is 51.2 Å². The van der Waals surface area contributed by atoms with Crippen LogP contribution in [-0.2, 0) is 4.79 Å². The van der Waals surface area contributed by atoms with E-state index in [4.69, 9.17) is 4.74 Å². The fourth-order valence-electron chi connectivity index (χ4n) is 1.60. The van der Waals surface area contributed by atoms with Crippen LogP contribution >= 0.6 is 0 Å². The third-order valence-corrected chi connectivity index (χ3v) is 3.53. The van der Waals surface area contributed by atoms with Crippen LogP contribution in [0.1, 0.15) is 27.2 Å². The van der Waals surface area contributed by atoms with Crippen molar-refractivity contribution in [2.75, 3.05) is 5.32 Å². The second kappa shape index (κ2) is 6.56. The van der Waals surface area contributed by atoms with Crippen molar-refractivity contribution >= 4 is 11.6 Å². The molecule has 0 aliphatic carbocycles. The van der Waals surface area contributed by atoms with Gasteiger partial charge in [0.15, 0.2) is 0 Å². The number of carbonyl (C=O) groups is 1. The first-order chi connectivity index (χ1) is 10.4. The zero-order chi connectivity index (χ0) is 16.2. The lowest BCUT2D eigenvalue weighted by Gasteiger charge is -2.21. The van der Waals surface area contributed by atoms with Crippen molar-refractivity contribution in [3.63, 3.8) is 0 Å². The van der Waals surface area contributed by atoms with E-state index in [1.54, 1.807) is 12.1 Å². The van der Waals surface area contributed by atoms with Crippen LogP contribution in [0.15, 0.2) is 42.6 Å². The number of pyridine rings is 1. The van der Waals surface area contributed by atoms with Gasteiger partial charge in [-0.3, -0.25) is 4.79 Å². The molecule has 0 aliphatic rings. The Kier molecular flexibility index (Phi) is 4.75. The Morgan fingerprint density at radius 3 is 2.45 bits per heavy atom. The number of aromatic nitrogens is 1. The molecule has 0 saturated carbocycles.